The van der Waals surface area contributed by atoms with E-state index in [9.17, 15) is 9.59 Å². The molecule has 1 aromatic carbocycles. The molecule has 27 heavy (non-hydrogen) atoms. The summed E-state index contributed by atoms with van der Waals surface area (Å²) in [5, 5.41) is 7.09. The van der Waals surface area contributed by atoms with Gasteiger partial charge in [0.2, 0.25) is 5.91 Å². The molecule has 8 heteroatoms. The summed E-state index contributed by atoms with van der Waals surface area (Å²) in [6, 6.07) is 9.48. The number of hydrogen-bond acceptors (Lipinski definition) is 7. The lowest BCUT2D eigenvalue weighted by molar-refractivity contribution is -0.115. The Bertz CT molecular complexity index is 931. The summed E-state index contributed by atoms with van der Waals surface area (Å²) < 4.78 is 10.4. The van der Waals surface area contributed by atoms with Gasteiger partial charge in [-0.3, -0.25) is 4.79 Å². The Morgan fingerprint density at radius 2 is 1.93 bits per heavy atom. The van der Waals surface area contributed by atoms with Crippen LogP contribution >= 0.6 is 22.7 Å². The van der Waals surface area contributed by atoms with Gasteiger partial charge in [0, 0.05) is 5.38 Å². The van der Waals surface area contributed by atoms with Crippen LogP contribution in [0, 0.1) is 6.92 Å². The molecule has 1 N–H and O–H groups in total. The van der Waals surface area contributed by atoms with Gasteiger partial charge in [0.05, 0.1) is 24.9 Å². The van der Waals surface area contributed by atoms with E-state index in [0.717, 1.165) is 10.8 Å². The van der Waals surface area contributed by atoms with Crippen LogP contribution in [0.3, 0.4) is 0 Å². The number of carbonyl (C=O) groups is 2. The highest BCUT2D eigenvalue weighted by Gasteiger charge is 2.16. The second-order valence-corrected chi connectivity index (χ2v) is 7.57. The second kappa shape index (κ2) is 8.79. The number of esters is 1. The van der Waals surface area contributed by atoms with Gasteiger partial charge in [-0.05, 0) is 30.5 Å². The number of nitrogens with zero attached hydrogens (tertiary/aromatic N) is 1. The Morgan fingerprint density at radius 1 is 1.15 bits per heavy atom. The first-order valence-electron chi connectivity index (χ1n) is 8.13. The van der Waals surface area contributed by atoms with Crippen LogP contribution in [0.15, 0.2) is 41.1 Å². The number of anilines is 1. The van der Waals surface area contributed by atoms with Crippen LogP contribution in [-0.4, -0.2) is 24.0 Å². The molecule has 0 unspecified atom stereocenters. The molecule has 0 fully saturated rings. The van der Waals surface area contributed by atoms with E-state index in [1.54, 1.807) is 11.4 Å². The summed E-state index contributed by atoms with van der Waals surface area (Å²) in [6.07, 6.45) is 0.123. The van der Waals surface area contributed by atoms with E-state index in [0.29, 0.717) is 22.9 Å². The van der Waals surface area contributed by atoms with Crippen LogP contribution in [-0.2, 0) is 22.6 Å². The molecule has 0 aliphatic heterocycles. The third kappa shape index (κ3) is 5.15. The summed E-state index contributed by atoms with van der Waals surface area (Å²) in [7, 11) is 1.31. The van der Waals surface area contributed by atoms with E-state index >= 15 is 0 Å². The molecular weight excluding hydrogens is 384 g/mol. The molecule has 2 heterocycles. The number of hydrogen-bond donors (Lipinski definition) is 1. The van der Waals surface area contributed by atoms with Crippen LogP contribution in [0.5, 0.6) is 5.75 Å². The van der Waals surface area contributed by atoms with Gasteiger partial charge in [-0.2, -0.15) is 0 Å². The first-order chi connectivity index (χ1) is 13.0. The van der Waals surface area contributed by atoms with Gasteiger partial charge in [0.25, 0.3) is 0 Å². The van der Waals surface area contributed by atoms with Gasteiger partial charge in [-0.15, -0.1) is 22.7 Å². The number of methoxy groups -OCH3 is 1. The van der Waals surface area contributed by atoms with Gasteiger partial charge >= 0.3 is 5.97 Å². The molecule has 0 aliphatic carbocycles. The fourth-order valence-corrected chi connectivity index (χ4v) is 3.76. The van der Waals surface area contributed by atoms with E-state index in [1.165, 1.54) is 35.3 Å². The minimum Gasteiger partial charge on any atom is -0.486 e. The molecule has 1 amide bonds. The second-order valence-electron chi connectivity index (χ2n) is 5.71. The first-order valence-corrected chi connectivity index (χ1v) is 9.89. The standard InChI is InChI=1S/C19H18N2O4S2/c1-12-3-5-14(6-4-12)25-10-17-20-13(11-27-17)9-16(22)21-15-7-8-26-18(15)19(23)24-2/h3-8,11H,9-10H2,1-2H3,(H,21,22). The van der Waals surface area contributed by atoms with Gasteiger partial charge in [-0.25, -0.2) is 9.78 Å². The fourth-order valence-electron chi connectivity index (χ4n) is 2.29. The van der Waals surface area contributed by atoms with E-state index < -0.39 is 5.97 Å². The Kier molecular flexibility index (Phi) is 6.20. The summed E-state index contributed by atoms with van der Waals surface area (Å²) >= 11 is 2.67. The highest BCUT2D eigenvalue weighted by molar-refractivity contribution is 7.12. The number of thiazole rings is 1. The predicted octanol–water partition coefficient (Wildman–Crippen LogP) is 4.06. The average Bonchev–Trinajstić information content (AvgIpc) is 3.30. The first kappa shape index (κ1) is 19.1. The third-order valence-electron chi connectivity index (χ3n) is 3.63. The highest BCUT2D eigenvalue weighted by atomic mass is 32.1. The summed E-state index contributed by atoms with van der Waals surface area (Å²) in [6.45, 7) is 2.37. The molecule has 0 saturated carbocycles. The van der Waals surface area contributed by atoms with Crippen LogP contribution in [0.4, 0.5) is 5.69 Å². The van der Waals surface area contributed by atoms with Crippen molar-refractivity contribution in [2.45, 2.75) is 20.0 Å². The quantitative estimate of drug-likeness (QED) is 0.603. The smallest absolute Gasteiger partial charge is 0.350 e. The fraction of sp³-hybridized carbons (Fsp3) is 0.211. The number of nitrogens with one attached hydrogen (secondary N) is 1. The normalized spacial score (nSPS) is 10.4. The number of ether oxygens (including phenoxy) is 2. The largest absolute Gasteiger partial charge is 0.486 e. The maximum absolute atomic E-state index is 12.2. The summed E-state index contributed by atoms with van der Waals surface area (Å²) in [4.78, 5) is 28.7. The third-order valence-corrected chi connectivity index (χ3v) is 5.40. The number of amides is 1. The van der Waals surface area contributed by atoms with Crippen molar-refractivity contribution in [2.24, 2.45) is 0 Å². The lowest BCUT2D eigenvalue weighted by atomic mass is 10.2. The van der Waals surface area contributed by atoms with Gasteiger partial charge in [0.1, 0.15) is 22.2 Å². The van der Waals surface area contributed by atoms with Crippen molar-refractivity contribution in [2.75, 3.05) is 12.4 Å². The lowest BCUT2D eigenvalue weighted by Crippen LogP contribution is -2.16. The molecule has 0 spiro atoms. The predicted molar refractivity (Wildman–Crippen MR) is 106 cm³/mol. The van der Waals surface area contributed by atoms with Crippen LogP contribution in [0.25, 0.3) is 0 Å². The van der Waals surface area contributed by atoms with E-state index in [2.05, 4.69) is 10.3 Å². The molecular formula is C19H18N2O4S2. The Labute approximate surface area is 164 Å². The van der Waals surface area contributed by atoms with Crippen molar-refractivity contribution in [3.63, 3.8) is 0 Å². The van der Waals surface area contributed by atoms with Crippen LogP contribution in [0.2, 0.25) is 0 Å². The molecule has 2 aromatic heterocycles. The molecule has 0 saturated heterocycles. The van der Waals surface area contributed by atoms with E-state index in [1.807, 2.05) is 36.6 Å². The summed E-state index contributed by atoms with van der Waals surface area (Å²) in [5.41, 5.74) is 2.29. The van der Waals surface area contributed by atoms with Crippen molar-refractivity contribution in [1.29, 1.82) is 0 Å². The maximum atomic E-state index is 12.2. The van der Waals surface area contributed by atoms with Crippen molar-refractivity contribution >= 4 is 40.2 Å². The zero-order valence-corrected chi connectivity index (χ0v) is 16.5. The molecule has 0 radical (unpaired) electrons. The summed E-state index contributed by atoms with van der Waals surface area (Å²) in [5.74, 6) is 0.0715. The van der Waals surface area contributed by atoms with Crippen molar-refractivity contribution < 1.29 is 19.1 Å². The molecule has 0 atom stereocenters. The van der Waals surface area contributed by atoms with Gasteiger partial charge in [-0.1, -0.05) is 17.7 Å². The number of thiophene rings is 1. The topological polar surface area (TPSA) is 77.5 Å². The SMILES string of the molecule is COC(=O)c1sccc1NC(=O)Cc1csc(COc2ccc(C)cc2)n1. The molecule has 0 bridgehead atoms. The zero-order chi connectivity index (χ0) is 19.2. The zero-order valence-electron chi connectivity index (χ0n) is 14.9. The molecule has 6 nitrogen and oxygen atoms in total. The maximum Gasteiger partial charge on any atom is 0.350 e. The number of aryl methyl sites for hydroxylation is 1. The highest BCUT2D eigenvalue weighted by Crippen LogP contribution is 2.23. The van der Waals surface area contributed by atoms with Crippen LogP contribution in [0.1, 0.15) is 25.9 Å². The Hall–Kier alpha value is -2.71. The average molecular weight is 402 g/mol. The number of carbonyl (C=O) groups excluding carboxylic acids is 2. The molecule has 3 aromatic rings. The number of aromatic nitrogens is 1. The number of benzene rings is 1. The lowest BCUT2D eigenvalue weighted by Gasteiger charge is -2.05. The Morgan fingerprint density at radius 3 is 2.67 bits per heavy atom. The van der Waals surface area contributed by atoms with E-state index in [-0.39, 0.29) is 12.3 Å². The van der Waals surface area contributed by atoms with Crippen molar-refractivity contribution in [1.82, 2.24) is 4.98 Å². The van der Waals surface area contributed by atoms with Crippen LogP contribution < -0.4 is 10.1 Å². The minimum atomic E-state index is -0.468. The van der Waals surface area contributed by atoms with Gasteiger partial charge < -0.3 is 14.8 Å². The van der Waals surface area contributed by atoms with Crippen molar-refractivity contribution in [3.05, 3.63) is 62.2 Å². The van der Waals surface area contributed by atoms with Gasteiger partial charge in [0.15, 0.2) is 0 Å². The molecule has 3 rings (SSSR count). The monoisotopic (exact) mass is 402 g/mol. The molecule has 140 valence electrons. The Balaban J connectivity index is 1.54. The number of rotatable bonds is 7. The minimum absolute atomic E-state index is 0.123. The van der Waals surface area contributed by atoms with E-state index in [4.69, 9.17) is 9.47 Å². The molecule has 0 aliphatic rings. The van der Waals surface area contributed by atoms with Crippen molar-refractivity contribution in [3.8, 4) is 5.75 Å².